The number of esters is 1. The molecule has 0 aliphatic rings. The first kappa shape index (κ1) is 20.1. The summed E-state index contributed by atoms with van der Waals surface area (Å²) in [5.41, 5.74) is 1.00. The van der Waals surface area contributed by atoms with Crippen molar-refractivity contribution in [1.82, 2.24) is 0 Å². The van der Waals surface area contributed by atoms with E-state index in [4.69, 9.17) is 9.47 Å². The molecule has 1 N–H and O–H groups in total. The predicted octanol–water partition coefficient (Wildman–Crippen LogP) is 3.37. The number of anilines is 1. The molecule has 0 saturated heterocycles. The maximum atomic E-state index is 12.9. The fourth-order valence-corrected chi connectivity index (χ4v) is 2.12. The number of hydrogen-bond donors (Lipinski definition) is 1. The molecule has 2 aromatic carbocycles. The van der Waals surface area contributed by atoms with Gasteiger partial charge in [-0.05, 0) is 69.3 Å². The quantitative estimate of drug-likeness (QED) is 0.594. The van der Waals surface area contributed by atoms with Gasteiger partial charge in [-0.1, -0.05) is 0 Å². The van der Waals surface area contributed by atoms with Gasteiger partial charge >= 0.3 is 5.97 Å². The van der Waals surface area contributed by atoms with Crippen LogP contribution in [0.25, 0.3) is 0 Å². The summed E-state index contributed by atoms with van der Waals surface area (Å²) in [6.07, 6.45) is -2.02. The van der Waals surface area contributed by atoms with Crippen molar-refractivity contribution < 1.29 is 28.2 Å². The summed E-state index contributed by atoms with van der Waals surface area (Å²) >= 11 is 0. The molecule has 0 radical (unpaired) electrons. The summed E-state index contributed by atoms with van der Waals surface area (Å²) in [7, 11) is 0. The molecule has 0 aliphatic heterocycles. The molecular weight excluding hydrogens is 353 g/mol. The maximum Gasteiger partial charge on any atom is 0.347 e. The Morgan fingerprint density at radius 2 is 1.52 bits per heavy atom. The number of benzene rings is 2. The number of Topliss-reactive ketones (excluding diaryl/α,β-unsaturated/α-hetero) is 1. The van der Waals surface area contributed by atoms with Crippen molar-refractivity contribution in [3.05, 3.63) is 59.9 Å². The third-order valence-corrected chi connectivity index (χ3v) is 3.68. The van der Waals surface area contributed by atoms with Gasteiger partial charge in [0.25, 0.3) is 5.91 Å². The Balaban J connectivity index is 1.87. The first-order valence-corrected chi connectivity index (χ1v) is 8.31. The Kier molecular flexibility index (Phi) is 6.65. The second kappa shape index (κ2) is 8.93. The molecule has 0 spiro atoms. The van der Waals surface area contributed by atoms with Crippen LogP contribution < -0.4 is 10.1 Å². The minimum absolute atomic E-state index is 0.0784. The average Bonchev–Trinajstić information content (AvgIpc) is 2.63. The minimum Gasteiger partial charge on any atom is -0.479 e. The van der Waals surface area contributed by atoms with Gasteiger partial charge in [-0.3, -0.25) is 9.59 Å². The predicted molar refractivity (Wildman–Crippen MR) is 97.1 cm³/mol. The van der Waals surface area contributed by atoms with E-state index in [1.165, 1.54) is 45.0 Å². The second-order valence-electron chi connectivity index (χ2n) is 5.92. The van der Waals surface area contributed by atoms with Crippen LogP contribution in [0, 0.1) is 5.82 Å². The van der Waals surface area contributed by atoms with Crippen molar-refractivity contribution in [2.24, 2.45) is 0 Å². The van der Waals surface area contributed by atoms with E-state index in [-0.39, 0.29) is 5.78 Å². The summed E-state index contributed by atoms with van der Waals surface area (Å²) in [5, 5.41) is 2.60. The third kappa shape index (κ3) is 5.91. The van der Waals surface area contributed by atoms with E-state index in [0.29, 0.717) is 17.0 Å². The number of carbonyl (C=O) groups is 3. The van der Waals surface area contributed by atoms with Gasteiger partial charge in [0.15, 0.2) is 18.0 Å². The highest BCUT2D eigenvalue weighted by Gasteiger charge is 2.23. The van der Waals surface area contributed by atoms with Crippen molar-refractivity contribution in [1.29, 1.82) is 0 Å². The Morgan fingerprint density at radius 3 is 2.07 bits per heavy atom. The molecule has 1 amide bonds. The standard InChI is InChI=1S/C20H20FNO5/c1-12(23)15-4-8-17(9-5-15)22-19(24)13(2)27-20(25)14(3)26-18-10-6-16(21)7-11-18/h4-11,13-14H,1-3H3,(H,22,24)/t13-,14+/m1/s1. The summed E-state index contributed by atoms with van der Waals surface area (Å²) in [6.45, 7) is 4.35. The van der Waals surface area contributed by atoms with Crippen LogP contribution in [0.5, 0.6) is 5.75 Å². The number of carbonyl (C=O) groups excluding carboxylic acids is 3. The van der Waals surface area contributed by atoms with E-state index < -0.39 is 29.9 Å². The molecule has 7 heteroatoms. The van der Waals surface area contributed by atoms with Crippen molar-refractivity contribution >= 4 is 23.3 Å². The fraction of sp³-hybridized carbons (Fsp3) is 0.250. The lowest BCUT2D eigenvalue weighted by Gasteiger charge is -2.18. The highest BCUT2D eigenvalue weighted by molar-refractivity contribution is 5.97. The molecule has 0 heterocycles. The molecule has 0 saturated carbocycles. The number of ether oxygens (including phenoxy) is 2. The minimum atomic E-state index is -1.05. The lowest BCUT2D eigenvalue weighted by atomic mass is 10.1. The Bertz CT molecular complexity index is 817. The number of nitrogens with one attached hydrogen (secondary N) is 1. The van der Waals surface area contributed by atoms with Crippen LogP contribution in [0.4, 0.5) is 10.1 Å². The van der Waals surface area contributed by atoms with Crippen LogP contribution in [0.1, 0.15) is 31.1 Å². The zero-order valence-electron chi connectivity index (χ0n) is 15.2. The first-order valence-electron chi connectivity index (χ1n) is 8.31. The first-order chi connectivity index (χ1) is 12.8. The summed E-state index contributed by atoms with van der Waals surface area (Å²) in [4.78, 5) is 35.5. The van der Waals surface area contributed by atoms with E-state index >= 15 is 0 Å². The zero-order valence-corrected chi connectivity index (χ0v) is 15.2. The van der Waals surface area contributed by atoms with Gasteiger partial charge in [0.05, 0.1) is 0 Å². The van der Waals surface area contributed by atoms with Gasteiger partial charge in [0.2, 0.25) is 0 Å². The van der Waals surface area contributed by atoms with E-state index in [2.05, 4.69) is 5.32 Å². The van der Waals surface area contributed by atoms with Crippen LogP contribution in [0.15, 0.2) is 48.5 Å². The van der Waals surface area contributed by atoms with E-state index in [1.807, 2.05) is 0 Å². The molecular formula is C20H20FNO5. The normalized spacial score (nSPS) is 12.6. The number of amides is 1. The fourth-order valence-electron chi connectivity index (χ4n) is 2.12. The molecule has 2 rings (SSSR count). The van der Waals surface area contributed by atoms with Gasteiger partial charge in [-0.15, -0.1) is 0 Å². The molecule has 2 aromatic rings. The zero-order chi connectivity index (χ0) is 20.0. The number of halogens is 1. The number of ketones is 1. The van der Waals surface area contributed by atoms with Crippen LogP contribution in [0.3, 0.4) is 0 Å². The largest absolute Gasteiger partial charge is 0.479 e. The van der Waals surface area contributed by atoms with Crippen LogP contribution in [-0.4, -0.2) is 29.9 Å². The highest BCUT2D eigenvalue weighted by atomic mass is 19.1. The van der Waals surface area contributed by atoms with E-state index in [1.54, 1.807) is 24.3 Å². The average molecular weight is 373 g/mol. The van der Waals surface area contributed by atoms with Gasteiger partial charge in [0, 0.05) is 11.3 Å². The summed E-state index contributed by atoms with van der Waals surface area (Å²) < 4.78 is 23.3. The second-order valence-corrected chi connectivity index (χ2v) is 5.92. The highest BCUT2D eigenvalue weighted by Crippen LogP contribution is 2.14. The molecule has 6 nitrogen and oxygen atoms in total. The van der Waals surface area contributed by atoms with Crippen LogP contribution >= 0.6 is 0 Å². The van der Waals surface area contributed by atoms with E-state index in [0.717, 1.165) is 0 Å². The molecule has 0 aromatic heterocycles. The summed E-state index contributed by atoms with van der Waals surface area (Å²) in [5.74, 6) is -1.44. The Morgan fingerprint density at radius 1 is 0.926 bits per heavy atom. The van der Waals surface area contributed by atoms with Crippen molar-refractivity contribution in [3.63, 3.8) is 0 Å². The molecule has 0 aliphatic carbocycles. The monoisotopic (exact) mass is 373 g/mol. The van der Waals surface area contributed by atoms with Gasteiger partial charge in [-0.2, -0.15) is 0 Å². The van der Waals surface area contributed by atoms with Gasteiger partial charge < -0.3 is 14.8 Å². The van der Waals surface area contributed by atoms with Crippen LogP contribution in [-0.2, 0) is 14.3 Å². The SMILES string of the molecule is CC(=O)c1ccc(NC(=O)[C@@H](C)OC(=O)[C@H](C)Oc2ccc(F)cc2)cc1. The number of hydrogen-bond acceptors (Lipinski definition) is 5. The van der Waals surface area contributed by atoms with E-state index in [9.17, 15) is 18.8 Å². The maximum absolute atomic E-state index is 12.9. The van der Waals surface area contributed by atoms with Gasteiger partial charge in [-0.25, -0.2) is 9.18 Å². The van der Waals surface area contributed by atoms with Gasteiger partial charge in [0.1, 0.15) is 11.6 Å². The lowest BCUT2D eigenvalue weighted by Crippen LogP contribution is -2.35. The Hall–Kier alpha value is -3.22. The smallest absolute Gasteiger partial charge is 0.347 e. The molecule has 0 unspecified atom stereocenters. The van der Waals surface area contributed by atoms with Crippen LogP contribution in [0.2, 0.25) is 0 Å². The molecule has 0 bridgehead atoms. The molecule has 142 valence electrons. The molecule has 27 heavy (non-hydrogen) atoms. The topological polar surface area (TPSA) is 81.7 Å². The molecule has 2 atom stereocenters. The third-order valence-electron chi connectivity index (χ3n) is 3.68. The lowest BCUT2D eigenvalue weighted by molar-refractivity contribution is -0.159. The number of rotatable bonds is 7. The summed E-state index contributed by atoms with van der Waals surface area (Å²) in [6, 6.07) is 11.6. The van der Waals surface area contributed by atoms with Crippen molar-refractivity contribution in [2.75, 3.05) is 5.32 Å². The van der Waals surface area contributed by atoms with Crippen molar-refractivity contribution in [3.8, 4) is 5.75 Å². The molecule has 0 fully saturated rings. The Labute approximate surface area is 156 Å². The van der Waals surface area contributed by atoms with Crippen molar-refractivity contribution in [2.45, 2.75) is 33.0 Å².